The largest absolute Gasteiger partial charge is 0.343 e. The van der Waals surface area contributed by atoms with Gasteiger partial charge >= 0.3 is 0 Å². The number of aromatic amines is 1. The average Bonchev–Trinajstić information content (AvgIpc) is 3.61. The molecule has 0 aliphatic rings. The molecule has 0 atom stereocenters. The molecule has 0 unspecified atom stereocenters. The average molecular weight is 538 g/mol. The zero-order valence-corrected chi connectivity index (χ0v) is 22.6. The van der Waals surface area contributed by atoms with Gasteiger partial charge in [-0.25, -0.2) is 4.98 Å². The number of hydrogen-bond donors (Lipinski definition) is 1. The second kappa shape index (κ2) is 10.5. The smallest absolute Gasteiger partial charge is 0.261 e. The van der Waals surface area contributed by atoms with Crippen LogP contribution in [-0.4, -0.2) is 34.7 Å². The quantitative estimate of drug-likeness (QED) is 0.259. The van der Waals surface area contributed by atoms with Gasteiger partial charge in [0.05, 0.1) is 17.4 Å². The highest BCUT2D eigenvalue weighted by Crippen LogP contribution is 2.29. The molecule has 0 amide bonds. The Morgan fingerprint density at radius 1 is 1.03 bits per heavy atom. The Morgan fingerprint density at radius 3 is 2.74 bits per heavy atom. The number of nitrogens with zero attached hydrogens (tertiary/aromatic N) is 6. The molecule has 3 aromatic heterocycles. The van der Waals surface area contributed by atoms with Gasteiger partial charge in [-0.3, -0.25) is 9.36 Å². The lowest BCUT2D eigenvalue weighted by Gasteiger charge is -2.15. The molecule has 196 valence electrons. The molecular formula is C30H28ClN7O. The fourth-order valence-electron chi connectivity index (χ4n) is 5.11. The molecule has 3 aromatic carbocycles. The number of H-pyrrole nitrogens is 1. The maximum absolute atomic E-state index is 13.6. The van der Waals surface area contributed by atoms with Crippen LogP contribution in [0.3, 0.4) is 0 Å². The minimum absolute atomic E-state index is 0.0141. The van der Waals surface area contributed by atoms with Crippen molar-refractivity contribution in [2.24, 2.45) is 0 Å². The van der Waals surface area contributed by atoms with Crippen molar-refractivity contribution in [1.82, 2.24) is 34.7 Å². The van der Waals surface area contributed by atoms with E-state index >= 15 is 0 Å². The Labute approximate surface area is 230 Å². The lowest BCUT2D eigenvalue weighted by atomic mass is 10.1. The van der Waals surface area contributed by atoms with Gasteiger partial charge in [0.1, 0.15) is 5.82 Å². The first-order chi connectivity index (χ1) is 19.0. The molecule has 6 rings (SSSR count). The topological polar surface area (TPSA) is 94.3 Å². The van der Waals surface area contributed by atoms with Gasteiger partial charge in [-0.05, 0) is 65.9 Å². The van der Waals surface area contributed by atoms with E-state index in [0.717, 1.165) is 63.8 Å². The van der Waals surface area contributed by atoms with Crippen LogP contribution in [0.5, 0.6) is 0 Å². The lowest BCUT2D eigenvalue weighted by Crippen LogP contribution is -2.26. The first kappa shape index (κ1) is 25.0. The van der Waals surface area contributed by atoms with Crippen LogP contribution in [0.1, 0.15) is 42.3 Å². The van der Waals surface area contributed by atoms with Gasteiger partial charge in [0.15, 0.2) is 0 Å². The van der Waals surface area contributed by atoms with Crippen LogP contribution in [0.2, 0.25) is 5.02 Å². The predicted octanol–water partition coefficient (Wildman–Crippen LogP) is 5.93. The highest BCUT2D eigenvalue weighted by atomic mass is 35.5. The summed E-state index contributed by atoms with van der Waals surface area (Å²) < 4.78 is 4.00. The van der Waals surface area contributed by atoms with Gasteiger partial charge in [0.2, 0.25) is 5.82 Å². The van der Waals surface area contributed by atoms with Gasteiger partial charge in [-0.1, -0.05) is 54.8 Å². The SMILES string of the molecule is CCCCc1nc2ccc(C)cc2c(=O)n1Cc1ccc2c(ccn2Cc2c(Cl)cccc2-c2nn[nH]n2)c1. The van der Waals surface area contributed by atoms with Gasteiger partial charge in [-0.15, -0.1) is 10.2 Å². The third kappa shape index (κ3) is 4.83. The number of tetrazole rings is 1. The van der Waals surface area contributed by atoms with Crippen LogP contribution in [0, 0.1) is 6.92 Å². The number of benzene rings is 3. The predicted molar refractivity (Wildman–Crippen MR) is 154 cm³/mol. The summed E-state index contributed by atoms with van der Waals surface area (Å²) in [6, 6.07) is 20.0. The van der Waals surface area contributed by atoms with Crippen molar-refractivity contribution >= 4 is 33.4 Å². The molecule has 0 saturated heterocycles. The number of unbranched alkanes of at least 4 members (excludes halogenated alkanes) is 1. The Bertz CT molecular complexity index is 1850. The molecule has 0 saturated carbocycles. The van der Waals surface area contributed by atoms with Crippen LogP contribution in [0.4, 0.5) is 0 Å². The van der Waals surface area contributed by atoms with E-state index in [2.05, 4.69) is 62.6 Å². The summed E-state index contributed by atoms with van der Waals surface area (Å²) in [6.45, 7) is 5.18. The van der Waals surface area contributed by atoms with E-state index in [9.17, 15) is 4.79 Å². The fourth-order valence-corrected chi connectivity index (χ4v) is 5.35. The molecule has 0 radical (unpaired) electrons. The number of aromatic nitrogens is 7. The first-order valence-electron chi connectivity index (χ1n) is 13.1. The van der Waals surface area contributed by atoms with E-state index in [1.54, 1.807) is 0 Å². The molecule has 8 nitrogen and oxygen atoms in total. The summed E-state index contributed by atoms with van der Waals surface area (Å²) in [4.78, 5) is 18.5. The summed E-state index contributed by atoms with van der Waals surface area (Å²) in [6.07, 6.45) is 4.85. The van der Waals surface area contributed by atoms with E-state index in [0.29, 0.717) is 29.3 Å². The maximum Gasteiger partial charge on any atom is 0.261 e. The molecule has 9 heteroatoms. The third-order valence-electron chi connectivity index (χ3n) is 7.15. The van der Waals surface area contributed by atoms with E-state index in [4.69, 9.17) is 16.6 Å². The highest BCUT2D eigenvalue weighted by Gasteiger charge is 2.15. The molecule has 3 heterocycles. The number of fused-ring (bicyclic) bond motifs is 2. The van der Waals surface area contributed by atoms with Crippen molar-refractivity contribution in [2.45, 2.75) is 46.2 Å². The van der Waals surface area contributed by atoms with Crippen LogP contribution in [-0.2, 0) is 19.5 Å². The summed E-state index contributed by atoms with van der Waals surface area (Å²) >= 11 is 6.61. The van der Waals surface area contributed by atoms with Crippen LogP contribution < -0.4 is 5.56 Å². The molecule has 0 aliphatic heterocycles. The van der Waals surface area contributed by atoms with E-state index in [1.807, 2.05) is 47.9 Å². The summed E-state index contributed by atoms with van der Waals surface area (Å²) in [5, 5.41) is 16.9. The molecule has 6 aromatic rings. The molecule has 0 bridgehead atoms. The van der Waals surface area contributed by atoms with Crippen molar-refractivity contribution in [3.05, 3.63) is 105 Å². The Hall–Kier alpha value is -4.30. The van der Waals surface area contributed by atoms with Crippen LogP contribution >= 0.6 is 11.6 Å². The normalized spacial score (nSPS) is 11.6. The Balaban J connectivity index is 1.35. The van der Waals surface area contributed by atoms with E-state index in [1.165, 1.54) is 0 Å². The summed E-state index contributed by atoms with van der Waals surface area (Å²) in [5.41, 5.74) is 5.72. The maximum atomic E-state index is 13.6. The van der Waals surface area contributed by atoms with E-state index in [-0.39, 0.29) is 5.56 Å². The molecule has 0 spiro atoms. The van der Waals surface area contributed by atoms with Crippen molar-refractivity contribution in [3.63, 3.8) is 0 Å². The zero-order chi connectivity index (χ0) is 26.9. The van der Waals surface area contributed by atoms with Gasteiger partial charge in [0.25, 0.3) is 5.56 Å². The minimum atomic E-state index is 0.0141. The zero-order valence-electron chi connectivity index (χ0n) is 21.9. The summed E-state index contributed by atoms with van der Waals surface area (Å²) in [5.74, 6) is 1.35. The first-order valence-corrected chi connectivity index (χ1v) is 13.5. The number of halogens is 1. The van der Waals surface area contributed by atoms with Gasteiger partial charge in [0, 0.05) is 40.8 Å². The van der Waals surface area contributed by atoms with Crippen LogP contribution in [0.15, 0.2) is 71.7 Å². The molecule has 0 fully saturated rings. The van der Waals surface area contributed by atoms with Crippen molar-refractivity contribution < 1.29 is 0 Å². The Kier molecular flexibility index (Phi) is 6.70. The second-order valence-electron chi connectivity index (χ2n) is 9.88. The number of nitrogens with one attached hydrogen (secondary N) is 1. The summed E-state index contributed by atoms with van der Waals surface area (Å²) in [7, 11) is 0. The number of hydrogen-bond acceptors (Lipinski definition) is 5. The molecule has 1 N–H and O–H groups in total. The standard InChI is InChI=1S/C30H28ClN7O/c1-3-4-8-28-32-26-11-9-19(2)15-23(26)30(39)38(28)17-20-10-12-27-21(16-20)13-14-37(27)18-24-22(6-5-7-25(24)31)29-33-35-36-34-29/h5-7,9-16H,3-4,8,17-18H2,1-2H3,(H,33,34,35,36). The van der Waals surface area contributed by atoms with E-state index < -0.39 is 0 Å². The molecule has 0 aliphatic carbocycles. The van der Waals surface area contributed by atoms with Gasteiger partial charge < -0.3 is 4.57 Å². The van der Waals surface area contributed by atoms with Crippen LogP contribution in [0.25, 0.3) is 33.2 Å². The monoisotopic (exact) mass is 537 g/mol. The second-order valence-corrected chi connectivity index (χ2v) is 10.3. The minimum Gasteiger partial charge on any atom is -0.343 e. The third-order valence-corrected chi connectivity index (χ3v) is 7.51. The number of aryl methyl sites for hydroxylation is 2. The number of rotatable bonds is 8. The van der Waals surface area contributed by atoms with Crippen molar-refractivity contribution in [3.8, 4) is 11.4 Å². The Morgan fingerprint density at radius 2 is 1.92 bits per heavy atom. The fraction of sp³-hybridized carbons (Fsp3) is 0.233. The van der Waals surface area contributed by atoms with Crippen molar-refractivity contribution in [2.75, 3.05) is 0 Å². The molecular weight excluding hydrogens is 510 g/mol. The molecule has 39 heavy (non-hydrogen) atoms. The lowest BCUT2D eigenvalue weighted by molar-refractivity contribution is 0.646. The van der Waals surface area contributed by atoms with Gasteiger partial charge in [-0.2, -0.15) is 5.21 Å². The van der Waals surface area contributed by atoms with Crippen molar-refractivity contribution in [1.29, 1.82) is 0 Å². The highest BCUT2D eigenvalue weighted by molar-refractivity contribution is 6.31.